The van der Waals surface area contributed by atoms with Gasteiger partial charge in [-0.2, -0.15) is 5.10 Å². The van der Waals surface area contributed by atoms with Gasteiger partial charge in [0.1, 0.15) is 0 Å². The molecule has 1 amide bonds. The zero-order valence-corrected chi connectivity index (χ0v) is 13.4. The lowest BCUT2D eigenvalue weighted by Gasteiger charge is -2.48. The summed E-state index contributed by atoms with van der Waals surface area (Å²) in [5.41, 5.74) is 2.29. The van der Waals surface area contributed by atoms with Gasteiger partial charge in [0.25, 0.3) is 5.91 Å². The molecule has 0 saturated carbocycles. The first kappa shape index (κ1) is 14.4. The summed E-state index contributed by atoms with van der Waals surface area (Å²) < 4.78 is 1.85. The maximum absolute atomic E-state index is 12.4. The minimum Gasteiger partial charge on any atom is -0.337 e. The minimum absolute atomic E-state index is 0.128. The third kappa shape index (κ3) is 2.74. The van der Waals surface area contributed by atoms with Crippen molar-refractivity contribution in [3.8, 4) is 0 Å². The average molecular weight is 311 g/mol. The Balaban J connectivity index is 1.33. The van der Waals surface area contributed by atoms with Crippen molar-refractivity contribution in [2.45, 2.75) is 13.0 Å². The smallest absolute Gasteiger partial charge is 0.254 e. The average Bonchev–Trinajstić information content (AvgIpc) is 3.13. The Kier molecular flexibility index (Phi) is 3.41. The van der Waals surface area contributed by atoms with Crippen LogP contribution in [0.15, 0.2) is 36.9 Å². The number of amides is 1. The molecular formula is C17H21N5O. The number of carbonyl (C=O) groups is 1. The number of likely N-dealkylation sites (tertiary alicyclic amines) is 2. The van der Waals surface area contributed by atoms with Crippen LogP contribution < -0.4 is 0 Å². The summed E-state index contributed by atoms with van der Waals surface area (Å²) in [6, 6.07) is 3.58. The number of rotatable bonds is 3. The molecule has 2 aliphatic rings. The van der Waals surface area contributed by atoms with E-state index in [9.17, 15) is 4.79 Å². The van der Waals surface area contributed by atoms with E-state index in [1.54, 1.807) is 24.5 Å². The fraction of sp³-hybridized carbons (Fsp3) is 0.471. The fourth-order valence-electron chi connectivity index (χ4n) is 3.82. The molecule has 0 unspecified atom stereocenters. The molecule has 23 heavy (non-hydrogen) atoms. The number of aryl methyl sites for hydroxylation is 1. The number of nitrogens with zero attached hydrogens (tertiary/aromatic N) is 5. The molecule has 4 heterocycles. The SMILES string of the molecule is Cn1cc(CN2CCC3(C2)CN(C(=O)c2ccncc2)C3)cn1. The Hall–Kier alpha value is -2.21. The highest BCUT2D eigenvalue weighted by Gasteiger charge is 2.49. The molecule has 0 aliphatic carbocycles. The molecule has 2 fully saturated rings. The van der Waals surface area contributed by atoms with E-state index >= 15 is 0 Å². The van der Waals surface area contributed by atoms with Gasteiger partial charge in [0.2, 0.25) is 0 Å². The number of aromatic nitrogens is 3. The molecule has 2 saturated heterocycles. The lowest BCUT2D eigenvalue weighted by Crippen LogP contribution is -2.59. The molecule has 2 aliphatic heterocycles. The highest BCUT2D eigenvalue weighted by atomic mass is 16.2. The van der Waals surface area contributed by atoms with E-state index in [0.717, 1.165) is 38.3 Å². The molecule has 4 rings (SSSR count). The first-order chi connectivity index (χ1) is 11.1. The van der Waals surface area contributed by atoms with Gasteiger partial charge in [0.15, 0.2) is 0 Å². The highest BCUT2D eigenvalue weighted by Crippen LogP contribution is 2.40. The molecule has 0 aromatic carbocycles. The number of pyridine rings is 1. The van der Waals surface area contributed by atoms with Gasteiger partial charge in [-0.25, -0.2) is 0 Å². The van der Waals surface area contributed by atoms with Gasteiger partial charge in [-0.3, -0.25) is 19.4 Å². The Morgan fingerprint density at radius 2 is 2.04 bits per heavy atom. The third-order valence-electron chi connectivity index (χ3n) is 4.95. The number of hydrogen-bond acceptors (Lipinski definition) is 4. The normalized spacial score (nSPS) is 20.0. The van der Waals surface area contributed by atoms with Crippen molar-refractivity contribution >= 4 is 5.91 Å². The van der Waals surface area contributed by atoms with Crippen LogP contribution in [0.1, 0.15) is 22.3 Å². The molecule has 2 aromatic heterocycles. The molecule has 0 bridgehead atoms. The van der Waals surface area contributed by atoms with E-state index in [4.69, 9.17) is 0 Å². The summed E-state index contributed by atoms with van der Waals surface area (Å²) >= 11 is 0. The van der Waals surface area contributed by atoms with Crippen molar-refractivity contribution in [2.75, 3.05) is 26.2 Å². The number of hydrogen-bond donors (Lipinski definition) is 0. The summed E-state index contributed by atoms with van der Waals surface area (Å²) in [5, 5.41) is 4.23. The van der Waals surface area contributed by atoms with E-state index in [0.29, 0.717) is 5.41 Å². The molecule has 0 atom stereocenters. The lowest BCUT2D eigenvalue weighted by atomic mass is 9.78. The van der Waals surface area contributed by atoms with Crippen molar-refractivity contribution in [1.29, 1.82) is 0 Å². The third-order valence-corrected chi connectivity index (χ3v) is 4.95. The van der Waals surface area contributed by atoms with Gasteiger partial charge >= 0.3 is 0 Å². The van der Waals surface area contributed by atoms with Crippen LogP contribution in [0.5, 0.6) is 0 Å². The summed E-state index contributed by atoms with van der Waals surface area (Å²) in [6.45, 7) is 4.87. The van der Waals surface area contributed by atoms with Crippen LogP contribution in [0.25, 0.3) is 0 Å². The van der Waals surface area contributed by atoms with Crippen LogP contribution in [0.2, 0.25) is 0 Å². The van der Waals surface area contributed by atoms with Gasteiger partial charge in [-0.15, -0.1) is 0 Å². The Labute approximate surface area is 135 Å². The lowest BCUT2D eigenvalue weighted by molar-refractivity contribution is 0.0104. The predicted octanol–water partition coefficient (Wildman–Crippen LogP) is 1.16. The molecule has 120 valence electrons. The van der Waals surface area contributed by atoms with Crippen molar-refractivity contribution in [3.63, 3.8) is 0 Å². The largest absolute Gasteiger partial charge is 0.337 e. The standard InChI is InChI=1S/C17H21N5O/c1-20-9-14(8-19-20)10-21-7-4-17(11-21)12-22(13-17)16(23)15-2-5-18-6-3-15/h2-3,5-6,8-9H,4,7,10-13H2,1H3. The second kappa shape index (κ2) is 5.45. The summed E-state index contributed by atoms with van der Waals surface area (Å²) in [7, 11) is 1.95. The van der Waals surface area contributed by atoms with Gasteiger partial charge in [0.05, 0.1) is 6.20 Å². The molecular weight excluding hydrogens is 290 g/mol. The Bertz CT molecular complexity index is 705. The van der Waals surface area contributed by atoms with Crippen LogP contribution in [0.3, 0.4) is 0 Å². The van der Waals surface area contributed by atoms with Gasteiger partial charge in [-0.1, -0.05) is 0 Å². The van der Waals surface area contributed by atoms with E-state index < -0.39 is 0 Å². The van der Waals surface area contributed by atoms with Crippen molar-refractivity contribution in [1.82, 2.24) is 24.6 Å². The van der Waals surface area contributed by atoms with Crippen LogP contribution in [-0.2, 0) is 13.6 Å². The van der Waals surface area contributed by atoms with Crippen LogP contribution >= 0.6 is 0 Å². The van der Waals surface area contributed by atoms with Crippen LogP contribution in [0, 0.1) is 5.41 Å². The van der Waals surface area contributed by atoms with Crippen molar-refractivity contribution in [3.05, 3.63) is 48.0 Å². The molecule has 6 nitrogen and oxygen atoms in total. The minimum atomic E-state index is 0.128. The molecule has 6 heteroatoms. The molecule has 0 N–H and O–H groups in total. The first-order valence-corrected chi connectivity index (χ1v) is 8.03. The van der Waals surface area contributed by atoms with Gasteiger partial charge in [-0.05, 0) is 25.1 Å². The molecule has 0 radical (unpaired) electrons. The summed E-state index contributed by atoms with van der Waals surface area (Å²) in [5.74, 6) is 0.128. The maximum Gasteiger partial charge on any atom is 0.254 e. The highest BCUT2D eigenvalue weighted by molar-refractivity contribution is 5.94. The van der Waals surface area contributed by atoms with E-state index in [1.165, 1.54) is 12.0 Å². The second-order valence-corrected chi connectivity index (χ2v) is 6.88. The molecule has 1 spiro atoms. The summed E-state index contributed by atoms with van der Waals surface area (Å²) in [4.78, 5) is 20.8. The van der Waals surface area contributed by atoms with Gasteiger partial charge < -0.3 is 4.90 Å². The first-order valence-electron chi connectivity index (χ1n) is 8.03. The second-order valence-electron chi connectivity index (χ2n) is 6.88. The predicted molar refractivity (Wildman–Crippen MR) is 85.7 cm³/mol. The zero-order chi connectivity index (χ0) is 15.9. The monoisotopic (exact) mass is 311 g/mol. The van der Waals surface area contributed by atoms with E-state index in [2.05, 4.69) is 21.2 Å². The van der Waals surface area contributed by atoms with Crippen LogP contribution in [0.4, 0.5) is 0 Å². The van der Waals surface area contributed by atoms with Crippen LogP contribution in [-0.4, -0.2) is 56.7 Å². The zero-order valence-electron chi connectivity index (χ0n) is 13.4. The van der Waals surface area contributed by atoms with Crippen molar-refractivity contribution < 1.29 is 4.79 Å². The topological polar surface area (TPSA) is 54.3 Å². The maximum atomic E-state index is 12.4. The number of carbonyl (C=O) groups excluding carboxylic acids is 1. The fourth-order valence-corrected chi connectivity index (χ4v) is 3.82. The van der Waals surface area contributed by atoms with E-state index in [1.807, 2.05) is 22.8 Å². The Morgan fingerprint density at radius 1 is 1.26 bits per heavy atom. The van der Waals surface area contributed by atoms with Gasteiger partial charge in [0, 0.05) is 68.4 Å². The summed E-state index contributed by atoms with van der Waals surface area (Å²) in [6.07, 6.45) is 8.53. The van der Waals surface area contributed by atoms with E-state index in [-0.39, 0.29) is 5.91 Å². The Morgan fingerprint density at radius 3 is 2.74 bits per heavy atom. The van der Waals surface area contributed by atoms with Crippen molar-refractivity contribution in [2.24, 2.45) is 12.5 Å². The molecule has 2 aromatic rings. The quantitative estimate of drug-likeness (QED) is 0.854.